The Labute approximate surface area is 107 Å². The van der Waals surface area contributed by atoms with Gasteiger partial charge in [-0.25, -0.2) is 4.98 Å². The van der Waals surface area contributed by atoms with E-state index in [4.69, 9.17) is 10.00 Å². The summed E-state index contributed by atoms with van der Waals surface area (Å²) in [4.78, 5) is 4.57. The van der Waals surface area contributed by atoms with Crippen molar-refractivity contribution in [3.8, 4) is 6.07 Å². The second-order valence-corrected chi connectivity index (χ2v) is 4.17. The van der Waals surface area contributed by atoms with Crippen molar-refractivity contribution >= 4 is 11.0 Å². The number of hydrogen-bond acceptors (Lipinski definition) is 3. The summed E-state index contributed by atoms with van der Waals surface area (Å²) in [7, 11) is 1.99. The van der Waals surface area contributed by atoms with Gasteiger partial charge in [0, 0.05) is 26.7 Å². The molecule has 2 aromatic rings. The third-order valence-corrected chi connectivity index (χ3v) is 3.02. The molecule has 4 heteroatoms. The zero-order valence-corrected chi connectivity index (χ0v) is 10.8. The molecule has 4 nitrogen and oxygen atoms in total. The number of aryl methyl sites for hydroxylation is 2. The molecule has 0 saturated heterocycles. The number of fused-ring (bicyclic) bond motifs is 1. The van der Waals surface area contributed by atoms with E-state index in [-0.39, 0.29) is 0 Å². The van der Waals surface area contributed by atoms with Crippen molar-refractivity contribution in [1.29, 1.82) is 5.26 Å². The predicted molar refractivity (Wildman–Crippen MR) is 70.2 cm³/mol. The summed E-state index contributed by atoms with van der Waals surface area (Å²) in [6, 6.07) is 7.88. The molecule has 0 spiro atoms. The third-order valence-electron chi connectivity index (χ3n) is 3.02. The largest absolute Gasteiger partial charge is 0.382 e. The van der Waals surface area contributed by atoms with Crippen LogP contribution in [-0.4, -0.2) is 22.8 Å². The smallest absolute Gasteiger partial charge is 0.109 e. The number of para-hydroxylation sites is 1. The predicted octanol–water partition coefficient (Wildman–Crippen LogP) is 2.41. The lowest BCUT2D eigenvalue weighted by molar-refractivity contribution is 0.144. The van der Waals surface area contributed by atoms with Crippen LogP contribution in [-0.2, 0) is 18.2 Å². The van der Waals surface area contributed by atoms with E-state index in [1.165, 1.54) is 0 Å². The van der Waals surface area contributed by atoms with Crippen molar-refractivity contribution < 1.29 is 4.74 Å². The molecule has 1 heterocycles. The van der Waals surface area contributed by atoms with E-state index in [0.717, 1.165) is 42.9 Å². The minimum absolute atomic E-state index is 0.638. The van der Waals surface area contributed by atoms with Gasteiger partial charge in [-0.2, -0.15) is 5.26 Å². The molecule has 0 aliphatic carbocycles. The van der Waals surface area contributed by atoms with Crippen LogP contribution in [0.2, 0.25) is 0 Å². The lowest BCUT2D eigenvalue weighted by atomic mass is 10.2. The monoisotopic (exact) mass is 243 g/mol. The first-order valence-corrected chi connectivity index (χ1v) is 6.20. The second-order valence-electron chi connectivity index (χ2n) is 4.17. The van der Waals surface area contributed by atoms with Gasteiger partial charge in [0.2, 0.25) is 0 Å². The number of hydrogen-bond donors (Lipinski definition) is 0. The lowest BCUT2D eigenvalue weighted by Crippen LogP contribution is -2.01. The molecule has 94 valence electrons. The number of nitriles is 1. The van der Waals surface area contributed by atoms with Gasteiger partial charge in [-0.3, -0.25) is 0 Å². The van der Waals surface area contributed by atoms with E-state index in [2.05, 4.69) is 15.6 Å². The van der Waals surface area contributed by atoms with Crippen LogP contribution in [0.1, 0.15) is 24.7 Å². The summed E-state index contributed by atoms with van der Waals surface area (Å²) < 4.78 is 7.38. The van der Waals surface area contributed by atoms with Crippen LogP contribution >= 0.6 is 0 Å². The van der Waals surface area contributed by atoms with E-state index < -0.39 is 0 Å². The van der Waals surface area contributed by atoms with Crippen LogP contribution in [0, 0.1) is 11.3 Å². The van der Waals surface area contributed by atoms with Gasteiger partial charge in [0.05, 0.1) is 11.1 Å². The Balaban J connectivity index is 2.25. The zero-order valence-electron chi connectivity index (χ0n) is 10.8. The Kier molecular flexibility index (Phi) is 3.96. The molecule has 0 N–H and O–H groups in total. The molecule has 0 radical (unpaired) electrons. The normalized spacial score (nSPS) is 10.7. The van der Waals surface area contributed by atoms with Gasteiger partial charge in [-0.1, -0.05) is 6.07 Å². The Morgan fingerprint density at radius 3 is 3.00 bits per heavy atom. The van der Waals surface area contributed by atoms with Crippen molar-refractivity contribution in [2.45, 2.75) is 19.8 Å². The molecule has 0 atom stereocenters. The zero-order chi connectivity index (χ0) is 13.0. The highest BCUT2D eigenvalue weighted by Crippen LogP contribution is 2.19. The molecule has 0 aliphatic heterocycles. The molecule has 2 rings (SSSR count). The van der Waals surface area contributed by atoms with Crippen LogP contribution < -0.4 is 0 Å². The highest BCUT2D eigenvalue weighted by atomic mass is 16.5. The fourth-order valence-corrected chi connectivity index (χ4v) is 2.05. The van der Waals surface area contributed by atoms with Crippen LogP contribution in [0.3, 0.4) is 0 Å². The Morgan fingerprint density at radius 1 is 1.44 bits per heavy atom. The average molecular weight is 243 g/mol. The summed E-state index contributed by atoms with van der Waals surface area (Å²) in [5.74, 6) is 1.01. The van der Waals surface area contributed by atoms with Crippen LogP contribution in [0.15, 0.2) is 18.2 Å². The average Bonchev–Trinajstić information content (AvgIpc) is 2.72. The molecule has 1 aromatic carbocycles. The first kappa shape index (κ1) is 12.6. The van der Waals surface area contributed by atoms with E-state index in [9.17, 15) is 0 Å². The molecule has 0 aliphatic rings. The van der Waals surface area contributed by atoms with E-state index >= 15 is 0 Å². The molecule has 18 heavy (non-hydrogen) atoms. The summed E-state index contributed by atoms with van der Waals surface area (Å²) in [5.41, 5.74) is 2.45. The second kappa shape index (κ2) is 5.65. The standard InChI is InChI=1S/C14H17N3O/c1-3-18-9-5-8-13-16-14-11(10-15)6-4-7-12(14)17(13)2/h4,6-7H,3,5,8-9H2,1-2H3. The highest BCUT2D eigenvalue weighted by molar-refractivity contribution is 5.82. The van der Waals surface area contributed by atoms with Crippen molar-refractivity contribution in [2.24, 2.45) is 7.05 Å². The van der Waals surface area contributed by atoms with Crippen molar-refractivity contribution in [3.05, 3.63) is 29.6 Å². The maximum atomic E-state index is 9.06. The summed E-state index contributed by atoms with van der Waals surface area (Å²) in [6.45, 7) is 3.50. The fraction of sp³-hybridized carbons (Fsp3) is 0.429. The summed E-state index contributed by atoms with van der Waals surface area (Å²) in [6.07, 6.45) is 1.82. The molecule has 0 bridgehead atoms. The number of rotatable bonds is 5. The molecule has 0 amide bonds. The van der Waals surface area contributed by atoms with Crippen molar-refractivity contribution in [2.75, 3.05) is 13.2 Å². The van der Waals surface area contributed by atoms with Gasteiger partial charge in [0.25, 0.3) is 0 Å². The van der Waals surface area contributed by atoms with Crippen molar-refractivity contribution in [1.82, 2.24) is 9.55 Å². The van der Waals surface area contributed by atoms with Gasteiger partial charge < -0.3 is 9.30 Å². The van der Waals surface area contributed by atoms with Gasteiger partial charge in [-0.15, -0.1) is 0 Å². The number of ether oxygens (including phenoxy) is 1. The number of nitrogens with zero attached hydrogens (tertiary/aromatic N) is 3. The number of aromatic nitrogens is 2. The SMILES string of the molecule is CCOCCCc1nc2c(C#N)cccc2n1C. The maximum absolute atomic E-state index is 9.06. The molecule has 0 fully saturated rings. The third kappa shape index (κ3) is 2.36. The molecular formula is C14H17N3O. The molecule has 1 aromatic heterocycles. The van der Waals surface area contributed by atoms with Gasteiger partial charge in [-0.05, 0) is 25.5 Å². The first-order chi connectivity index (χ1) is 8.77. The summed E-state index contributed by atoms with van der Waals surface area (Å²) >= 11 is 0. The van der Waals surface area contributed by atoms with E-state index in [0.29, 0.717) is 5.56 Å². The molecular weight excluding hydrogens is 226 g/mol. The maximum Gasteiger partial charge on any atom is 0.109 e. The number of benzene rings is 1. The van der Waals surface area contributed by atoms with Crippen LogP contribution in [0.4, 0.5) is 0 Å². The van der Waals surface area contributed by atoms with Crippen molar-refractivity contribution in [3.63, 3.8) is 0 Å². The fourth-order valence-electron chi connectivity index (χ4n) is 2.05. The van der Waals surface area contributed by atoms with Gasteiger partial charge >= 0.3 is 0 Å². The Bertz CT molecular complexity index is 580. The van der Waals surface area contributed by atoms with E-state index in [1.807, 2.05) is 26.1 Å². The minimum atomic E-state index is 0.638. The highest BCUT2D eigenvalue weighted by Gasteiger charge is 2.10. The molecule has 0 unspecified atom stereocenters. The quantitative estimate of drug-likeness (QED) is 0.758. The topological polar surface area (TPSA) is 50.8 Å². The lowest BCUT2D eigenvalue weighted by Gasteiger charge is -2.02. The molecule has 0 saturated carbocycles. The van der Waals surface area contributed by atoms with Crippen LogP contribution in [0.25, 0.3) is 11.0 Å². The first-order valence-electron chi connectivity index (χ1n) is 6.20. The van der Waals surface area contributed by atoms with E-state index in [1.54, 1.807) is 6.07 Å². The Morgan fingerprint density at radius 2 is 2.28 bits per heavy atom. The Hall–Kier alpha value is -1.86. The summed E-state index contributed by atoms with van der Waals surface area (Å²) in [5, 5.41) is 9.06. The van der Waals surface area contributed by atoms with Gasteiger partial charge in [0.1, 0.15) is 17.4 Å². The van der Waals surface area contributed by atoms with Gasteiger partial charge in [0.15, 0.2) is 0 Å². The van der Waals surface area contributed by atoms with Crippen LogP contribution in [0.5, 0.6) is 0 Å². The minimum Gasteiger partial charge on any atom is -0.382 e. The number of imidazole rings is 1.